The van der Waals surface area contributed by atoms with Gasteiger partial charge in [0.1, 0.15) is 18.0 Å². The number of fused-ring (bicyclic) bond motifs is 1. The number of rotatable bonds is 6. The molecule has 0 amide bonds. The van der Waals surface area contributed by atoms with Crippen LogP contribution in [0, 0.1) is 0 Å². The SMILES string of the molecule is Nc1ccc(Nc2cccc(CNc3ncnc4c(C(=O)O)cccc34)c2)nc1. The molecular weight excluding hydrogens is 368 g/mol. The first kappa shape index (κ1) is 18.2. The van der Waals surface area contributed by atoms with E-state index >= 15 is 0 Å². The average molecular weight is 386 g/mol. The predicted molar refractivity (Wildman–Crippen MR) is 112 cm³/mol. The number of carboxylic acids is 1. The third kappa shape index (κ3) is 4.06. The summed E-state index contributed by atoms with van der Waals surface area (Å²) in [6, 6.07) is 16.5. The van der Waals surface area contributed by atoms with Crippen molar-refractivity contribution in [2.75, 3.05) is 16.4 Å². The van der Waals surface area contributed by atoms with Crippen LogP contribution in [-0.4, -0.2) is 26.0 Å². The van der Waals surface area contributed by atoms with Crippen molar-refractivity contribution >= 4 is 39.9 Å². The molecular formula is C21H18N6O2. The maximum absolute atomic E-state index is 11.4. The van der Waals surface area contributed by atoms with Gasteiger partial charge in [-0.1, -0.05) is 18.2 Å². The highest BCUT2D eigenvalue weighted by atomic mass is 16.4. The number of aromatic carboxylic acids is 1. The highest BCUT2D eigenvalue weighted by Gasteiger charge is 2.12. The number of hydrogen-bond acceptors (Lipinski definition) is 7. The molecule has 5 N–H and O–H groups in total. The number of nitrogen functional groups attached to an aromatic ring is 1. The maximum Gasteiger partial charge on any atom is 0.337 e. The largest absolute Gasteiger partial charge is 0.478 e. The number of carboxylic acid groups (broad SMARTS) is 1. The minimum Gasteiger partial charge on any atom is -0.478 e. The molecule has 0 saturated carbocycles. The lowest BCUT2D eigenvalue weighted by Crippen LogP contribution is -2.05. The van der Waals surface area contributed by atoms with Gasteiger partial charge in [0.25, 0.3) is 0 Å². The molecule has 144 valence electrons. The summed E-state index contributed by atoms with van der Waals surface area (Å²) < 4.78 is 0. The lowest BCUT2D eigenvalue weighted by atomic mass is 10.1. The fourth-order valence-corrected chi connectivity index (χ4v) is 2.97. The Morgan fingerprint density at radius 2 is 1.90 bits per heavy atom. The zero-order valence-corrected chi connectivity index (χ0v) is 15.3. The van der Waals surface area contributed by atoms with Gasteiger partial charge in [0.15, 0.2) is 0 Å². The van der Waals surface area contributed by atoms with Gasteiger partial charge in [-0.05, 0) is 42.0 Å². The van der Waals surface area contributed by atoms with Gasteiger partial charge in [-0.3, -0.25) is 0 Å². The zero-order chi connectivity index (χ0) is 20.2. The molecule has 0 bridgehead atoms. The summed E-state index contributed by atoms with van der Waals surface area (Å²) >= 11 is 0. The van der Waals surface area contributed by atoms with E-state index in [-0.39, 0.29) is 5.56 Å². The van der Waals surface area contributed by atoms with E-state index in [1.54, 1.807) is 24.4 Å². The van der Waals surface area contributed by atoms with Gasteiger partial charge in [-0.15, -0.1) is 0 Å². The lowest BCUT2D eigenvalue weighted by Gasteiger charge is -2.11. The summed E-state index contributed by atoms with van der Waals surface area (Å²) in [7, 11) is 0. The van der Waals surface area contributed by atoms with Crippen LogP contribution in [0.15, 0.2) is 67.1 Å². The van der Waals surface area contributed by atoms with Crippen molar-refractivity contribution in [2.24, 2.45) is 0 Å². The standard InChI is InChI=1S/C21H18N6O2/c22-14-7-8-18(23-11-14)27-15-4-1-3-13(9-15)10-24-20-16-5-2-6-17(21(28)29)19(16)25-12-26-20/h1-9,11-12H,10,22H2,(H,23,27)(H,28,29)(H,24,25,26). The van der Waals surface area contributed by atoms with E-state index in [0.29, 0.717) is 34.8 Å². The molecule has 0 saturated heterocycles. The van der Waals surface area contributed by atoms with E-state index in [1.807, 2.05) is 30.3 Å². The van der Waals surface area contributed by atoms with E-state index in [0.717, 1.165) is 11.3 Å². The van der Waals surface area contributed by atoms with Crippen LogP contribution >= 0.6 is 0 Å². The topological polar surface area (TPSA) is 126 Å². The Balaban J connectivity index is 1.53. The van der Waals surface area contributed by atoms with Crippen molar-refractivity contribution in [3.8, 4) is 0 Å². The molecule has 2 heterocycles. The maximum atomic E-state index is 11.4. The molecule has 8 heteroatoms. The first-order chi connectivity index (χ1) is 14.1. The van der Waals surface area contributed by atoms with Crippen molar-refractivity contribution in [1.29, 1.82) is 0 Å². The second kappa shape index (κ2) is 7.81. The molecule has 0 unspecified atom stereocenters. The van der Waals surface area contributed by atoms with Gasteiger partial charge >= 0.3 is 5.97 Å². The quantitative estimate of drug-likeness (QED) is 0.395. The van der Waals surface area contributed by atoms with Gasteiger partial charge in [-0.25, -0.2) is 19.7 Å². The molecule has 4 rings (SSSR count). The molecule has 0 aliphatic heterocycles. The highest BCUT2D eigenvalue weighted by Crippen LogP contribution is 2.23. The van der Waals surface area contributed by atoms with E-state index in [2.05, 4.69) is 25.6 Å². The van der Waals surface area contributed by atoms with E-state index < -0.39 is 5.97 Å². The number of nitrogens with two attached hydrogens (primary N) is 1. The van der Waals surface area contributed by atoms with E-state index in [9.17, 15) is 9.90 Å². The second-order valence-electron chi connectivity index (χ2n) is 6.38. The van der Waals surface area contributed by atoms with Crippen LogP contribution in [0.25, 0.3) is 10.9 Å². The van der Waals surface area contributed by atoms with Crippen LogP contribution in [0.2, 0.25) is 0 Å². The Morgan fingerprint density at radius 1 is 1.03 bits per heavy atom. The van der Waals surface area contributed by atoms with E-state index in [1.165, 1.54) is 12.4 Å². The van der Waals surface area contributed by atoms with Crippen LogP contribution in [0.3, 0.4) is 0 Å². The number of carbonyl (C=O) groups is 1. The third-order valence-corrected chi connectivity index (χ3v) is 4.34. The van der Waals surface area contributed by atoms with Crippen LogP contribution in [0.1, 0.15) is 15.9 Å². The molecule has 0 aliphatic carbocycles. The smallest absolute Gasteiger partial charge is 0.337 e. The Morgan fingerprint density at radius 3 is 2.69 bits per heavy atom. The Labute approximate surface area is 166 Å². The predicted octanol–water partition coefficient (Wildman–Crippen LogP) is 3.66. The van der Waals surface area contributed by atoms with Crippen LogP contribution in [0.4, 0.5) is 23.0 Å². The Hall–Kier alpha value is -4.20. The van der Waals surface area contributed by atoms with Crippen LogP contribution in [-0.2, 0) is 6.54 Å². The Kier molecular flexibility index (Phi) is 4.90. The van der Waals surface area contributed by atoms with Gasteiger partial charge in [0, 0.05) is 17.6 Å². The summed E-state index contributed by atoms with van der Waals surface area (Å²) in [4.78, 5) is 24.0. The van der Waals surface area contributed by atoms with Crippen molar-refractivity contribution in [1.82, 2.24) is 15.0 Å². The van der Waals surface area contributed by atoms with Gasteiger partial charge in [-0.2, -0.15) is 0 Å². The minimum absolute atomic E-state index is 0.148. The molecule has 2 aromatic carbocycles. The fourth-order valence-electron chi connectivity index (χ4n) is 2.97. The number of aromatic nitrogens is 3. The summed E-state index contributed by atoms with van der Waals surface area (Å²) in [5.74, 6) is 0.263. The van der Waals surface area contributed by atoms with Gasteiger partial charge < -0.3 is 21.5 Å². The van der Waals surface area contributed by atoms with Crippen LogP contribution < -0.4 is 16.4 Å². The fraction of sp³-hybridized carbons (Fsp3) is 0.0476. The summed E-state index contributed by atoms with van der Waals surface area (Å²) in [6.07, 6.45) is 2.96. The normalized spacial score (nSPS) is 10.6. The average Bonchev–Trinajstić information content (AvgIpc) is 2.73. The van der Waals surface area contributed by atoms with Crippen molar-refractivity contribution in [2.45, 2.75) is 6.54 Å². The number of nitrogens with one attached hydrogen (secondary N) is 2. The molecule has 0 atom stereocenters. The molecule has 0 spiro atoms. The number of benzene rings is 2. The number of nitrogens with zero attached hydrogens (tertiary/aromatic N) is 3. The lowest BCUT2D eigenvalue weighted by molar-refractivity contribution is 0.0699. The highest BCUT2D eigenvalue weighted by molar-refractivity contribution is 6.04. The zero-order valence-electron chi connectivity index (χ0n) is 15.3. The molecule has 4 aromatic rings. The van der Waals surface area contributed by atoms with Gasteiger partial charge in [0.05, 0.1) is 23.0 Å². The monoisotopic (exact) mass is 386 g/mol. The molecule has 0 fully saturated rings. The molecule has 8 nitrogen and oxygen atoms in total. The van der Waals surface area contributed by atoms with Crippen molar-refractivity contribution < 1.29 is 9.90 Å². The number of anilines is 4. The first-order valence-corrected chi connectivity index (χ1v) is 8.88. The van der Waals surface area contributed by atoms with Crippen molar-refractivity contribution in [3.63, 3.8) is 0 Å². The summed E-state index contributed by atoms with van der Waals surface area (Å²) in [6.45, 7) is 0.508. The van der Waals surface area contributed by atoms with Crippen molar-refractivity contribution in [3.05, 3.63) is 78.2 Å². The first-order valence-electron chi connectivity index (χ1n) is 8.88. The molecule has 0 radical (unpaired) electrons. The molecule has 2 aromatic heterocycles. The van der Waals surface area contributed by atoms with Crippen LogP contribution in [0.5, 0.6) is 0 Å². The number of para-hydroxylation sites is 1. The number of pyridine rings is 1. The molecule has 0 aliphatic rings. The Bertz CT molecular complexity index is 1180. The third-order valence-electron chi connectivity index (χ3n) is 4.34. The summed E-state index contributed by atoms with van der Waals surface area (Å²) in [5.41, 5.74) is 8.74. The second-order valence-corrected chi connectivity index (χ2v) is 6.38. The van der Waals surface area contributed by atoms with E-state index in [4.69, 9.17) is 5.73 Å². The van der Waals surface area contributed by atoms with Gasteiger partial charge in [0.2, 0.25) is 0 Å². The minimum atomic E-state index is -1.02. The summed E-state index contributed by atoms with van der Waals surface area (Å²) in [5, 5.41) is 16.5. The molecule has 29 heavy (non-hydrogen) atoms. The number of hydrogen-bond donors (Lipinski definition) is 4.